The van der Waals surface area contributed by atoms with Gasteiger partial charge in [0.05, 0.1) is 6.20 Å². The van der Waals surface area contributed by atoms with E-state index in [4.69, 9.17) is 5.73 Å². The molecule has 0 bridgehead atoms. The molecule has 0 unspecified atom stereocenters. The minimum atomic E-state index is 0.503. The van der Waals surface area contributed by atoms with Crippen molar-refractivity contribution in [3.05, 3.63) is 12.0 Å². The SMILES string of the molecule is CC=Nn1cc(N)nc1C. The molecule has 4 nitrogen and oxygen atoms in total. The summed E-state index contributed by atoms with van der Waals surface area (Å²) in [6.07, 6.45) is 3.36. The number of aromatic nitrogens is 2. The summed E-state index contributed by atoms with van der Waals surface area (Å²) < 4.78 is 1.63. The molecule has 0 atom stereocenters. The molecule has 2 N–H and O–H groups in total. The Bertz CT molecular complexity index is 248. The first kappa shape index (κ1) is 6.80. The van der Waals surface area contributed by atoms with E-state index in [0.29, 0.717) is 5.82 Å². The van der Waals surface area contributed by atoms with Crippen LogP contribution in [0.2, 0.25) is 0 Å². The molecule has 0 amide bonds. The van der Waals surface area contributed by atoms with Gasteiger partial charge < -0.3 is 5.73 Å². The number of anilines is 1. The van der Waals surface area contributed by atoms with E-state index < -0.39 is 0 Å². The number of nitrogens with two attached hydrogens (primary N) is 1. The van der Waals surface area contributed by atoms with E-state index in [-0.39, 0.29) is 0 Å². The second-order valence-electron chi connectivity index (χ2n) is 1.93. The fraction of sp³-hybridized carbons (Fsp3) is 0.333. The molecular formula is C6H10N4. The number of nitrogen functional groups attached to an aromatic ring is 1. The Kier molecular flexibility index (Phi) is 1.71. The highest BCUT2D eigenvalue weighted by Gasteiger charge is 1.96. The van der Waals surface area contributed by atoms with Gasteiger partial charge in [0.15, 0.2) is 0 Å². The Hall–Kier alpha value is -1.32. The molecule has 4 heteroatoms. The van der Waals surface area contributed by atoms with Gasteiger partial charge in [-0.05, 0) is 13.8 Å². The average Bonchev–Trinajstić information content (AvgIpc) is 2.13. The van der Waals surface area contributed by atoms with Crippen molar-refractivity contribution >= 4 is 12.0 Å². The maximum atomic E-state index is 5.40. The van der Waals surface area contributed by atoms with Crippen molar-refractivity contribution in [1.29, 1.82) is 0 Å². The Morgan fingerprint density at radius 3 is 2.90 bits per heavy atom. The number of hydrogen-bond acceptors (Lipinski definition) is 3. The Morgan fingerprint density at radius 1 is 1.80 bits per heavy atom. The van der Waals surface area contributed by atoms with E-state index in [9.17, 15) is 0 Å². The van der Waals surface area contributed by atoms with E-state index in [1.165, 1.54) is 0 Å². The first-order chi connectivity index (χ1) is 4.74. The lowest BCUT2D eigenvalue weighted by molar-refractivity contribution is 0.831. The second-order valence-corrected chi connectivity index (χ2v) is 1.93. The van der Waals surface area contributed by atoms with Crippen LogP contribution in [0.15, 0.2) is 11.3 Å². The summed E-state index contributed by atoms with van der Waals surface area (Å²) in [7, 11) is 0. The van der Waals surface area contributed by atoms with Crippen molar-refractivity contribution in [3.63, 3.8) is 0 Å². The third kappa shape index (κ3) is 1.15. The lowest BCUT2D eigenvalue weighted by Gasteiger charge is -1.90. The summed E-state index contributed by atoms with van der Waals surface area (Å²) in [5.74, 6) is 1.30. The van der Waals surface area contributed by atoms with Crippen LogP contribution in [0.25, 0.3) is 0 Å². The molecule has 0 aromatic carbocycles. The molecule has 1 rings (SSSR count). The molecule has 0 fully saturated rings. The van der Waals surface area contributed by atoms with E-state index in [0.717, 1.165) is 5.82 Å². The first-order valence-corrected chi connectivity index (χ1v) is 3.04. The summed E-state index contributed by atoms with van der Waals surface area (Å²) in [5.41, 5.74) is 5.40. The molecular weight excluding hydrogens is 128 g/mol. The lowest BCUT2D eigenvalue weighted by Crippen LogP contribution is -1.88. The highest BCUT2D eigenvalue weighted by atomic mass is 15.4. The van der Waals surface area contributed by atoms with Crippen LogP contribution < -0.4 is 5.73 Å². The van der Waals surface area contributed by atoms with Crippen LogP contribution in [-0.4, -0.2) is 15.9 Å². The summed E-state index contributed by atoms with van der Waals surface area (Å²) in [5, 5.41) is 3.98. The van der Waals surface area contributed by atoms with Gasteiger partial charge >= 0.3 is 0 Å². The normalized spacial score (nSPS) is 11.0. The van der Waals surface area contributed by atoms with Crippen molar-refractivity contribution in [2.24, 2.45) is 5.10 Å². The highest BCUT2D eigenvalue weighted by Crippen LogP contribution is 2.01. The first-order valence-electron chi connectivity index (χ1n) is 3.04. The van der Waals surface area contributed by atoms with Gasteiger partial charge in [-0.25, -0.2) is 9.66 Å². The molecule has 10 heavy (non-hydrogen) atoms. The smallest absolute Gasteiger partial charge is 0.144 e. The molecule has 0 aliphatic heterocycles. The van der Waals surface area contributed by atoms with Gasteiger partial charge in [-0.15, -0.1) is 0 Å². The topological polar surface area (TPSA) is 56.2 Å². The zero-order chi connectivity index (χ0) is 7.56. The number of imidazole rings is 1. The molecule has 0 aliphatic carbocycles. The predicted molar refractivity (Wildman–Crippen MR) is 40.9 cm³/mol. The summed E-state index contributed by atoms with van der Waals surface area (Å²) in [4.78, 5) is 3.96. The summed E-state index contributed by atoms with van der Waals surface area (Å²) in [6, 6.07) is 0. The van der Waals surface area contributed by atoms with Gasteiger partial charge in [-0.2, -0.15) is 5.10 Å². The number of rotatable bonds is 1. The molecule has 1 aromatic rings. The van der Waals surface area contributed by atoms with Gasteiger partial charge in [0.1, 0.15) is 11.6 Å². The Balaban J connectivity index is 3.03. The fourth-order valence-corrected chi connectivity index (χ4v) is 0.727. The molecule has 0 saturated heterocycles. The van der Waals surface area contributed by atoms with Crippen LogP contribution in [0.1, 0.15) is 12.7 Å². The van der Waals surface area contributed by atoms with E-state index in [2.05, 4.69) is 10.1 Å². The molecule has 0 saturated carbocycles. The van der Waals surface area contributed by atoms with Gasteiger partial charge in [0.25, 0.3) is 0 Å². The minimum Gasteiger partial charge on any atom is -0.382 e. The third-order valence-electron chi connectivity index (χ3n) is 1.12. The second kappa shape index (κ2) is 2.51. The van der Waals surface area contributed by atoms with Crippen LogP contribution >= 0.6 is 0 Å². The van der Waals surface area contributed by atoms with Crippen LogP contribution in [0.4, 0.5) is 5.82 Å². The zero-order valence-electron chi connectivity index (χ0n) is 6.07. The van der Waals surface area contributed by atoms with Crippen molar-refractivity contribution in [2.75, 3.05) is 5.73 Å². The standard InChI is InChI=1S/C6H10N4/c1-3-8-10-4-6(7)9-5(10)2/h3-4H,7H2,1-2H3. The van der Waals surface area contributed by atoms with Gasteiger partial charge in [0, 0.05) is 6.21 Å². The van der Waals surface area contributed by atoms with Crippen LogP contribution in [0.5, 0.6) is 0 Å². The maximum Gasteiger partial charge on any atom is 0.144 e. The minimum absolute atomic E-state index is 0.503. The Labute approximate surface area is 59.4 Å². The summed E-state index contributed by atoms with van der Waals surface area (Å²) in [6.45, 7) is 3.69. The monoisotopic (exact) mass is 138 g/mol. The zero-order valence-corrected chi connectivity index (χ0v) is 6.07. The lowest BCUT2D eigenvalue weighted by atomic mass is 10.7. The molecule has 0 aliphatic rings. The van der Waals surface area contributed by atoms with Crippen LogP contribution in [0.3, 0.4) is 0 Å². The van der Waals surface area contributed by atoms with Gasteiger partial charge in [-0.3, -0.25) is 0 Å². The van der Waals surface area contributed by atoms with Gasteiger partial charge in [-0.1, -0.05) is 0 Å². The predicted octanol–water partition coefficient (Wildman–Crippen LogP) is 0.628. The van der Waals surface area contributed by atoms with E-state index >= 15 is 0 Å². The number of aryl methyl sites for hydroxylation is 1. The van der Waals surface area contributed by atoms with E-state index in [1.54, 1.807) is 17.1 Å². The highest BCUT2D eigenvalue weighted by molar-refractivity contribution is 5.53. The van der Waals surface area contributed by atoms with Crippen molar-refractivity contribution < 1.29 is 0 Å². The third-order valence-corrected chi connectivity index (χ3v) is 1.12. The quantitative estimate of drug-likeness (QED) is 0.578. The van der Waals surface area contributed by atoms with E-state index in [1.807, 2.05) is 13.8 Å². The maximum absolute atomic E-state index is 5.40. The molecule has 1 heterocycles. The van der Waals surface area contributed by atoms with Crippen molar-refractivity contribution in [1.82, 2.24) is 9.66 Å². The molecule has 1 aromatic heterocycles. The largest absolute Gasteiger partial charge is 0.382 e. The number of nitrogens with zero attached hydrogens (tertiary/aromatic N) is 3. The molecule has 0 spiro atoms. The fourth-order valence-electron chi connectivity index (χ4n) is 0.727. The number of hydrogen-bond donors (Lipinski definition) is 1. The van der Waals surface area contributed by atoms with Crippen molar-refractivity contribution in [3.8, 4) is 0 Å². The molecule has 54 valence electrons. The van der Waals surface area contributed by atoms with Crippen molar-refractivity contribution in [2.45, 2.75) is 13.8 Å². The molecule has 0 radical (unpaired) electrons. The van der Waals surface area contributed by atoms with Gasteiger partial charge in [0.2, 0.25) is 0 Å². The summed E-state index contributed by atoms with van der Waals surface area (Å²) >= 11 is 0. The average molecular weight is 138 g/mol. The van der Waals surface area contributed by atoms with Crippen LogP contribution in [0, 0.1) is 6.92 Å². The Morgan fingerprint density at radius 2 is 2.50 bits per heavy atom. The van der Waals surface area contributed by atoms with Crippen LogP contribution in [-0.2, 0) is 0 Å².